The summed E-state index contributed by atoms with van der Waals surface area (Å²) in [6.45, 7) is 1.60. The number of Topliss-reactive ketones (excluding diaryl/α,β-unsaturated/α-hetero) is 1. The van der Waals surface area contributed by atoms with Crippen molar-refractivity contribution in [3.8, 4) is 17.2 Å². The third-order valence-electron chi connectivity index (χ3n) is 3.44. The third-order valence-corrected chi connectivity index (χ3v) is 3.44. The number of hydrogen-bond acceptors (Lipinski definition) is 6. The van der Waals surface area contributed by atoms with Crippen molar-refractivity contribution < 1.29 is 30.3 Å². The Hall–Kier alpha value is -2.89. The molecule has 3 rings (SSSR count). The smallest absolute Gasteiger partial charge is 0.235 e. The second-order valence-corrected chi connectivity index (χ2v) is 4.65. The van der Waals surface area contributed by atoms with E-state index in [9.17, 15) is 30.3 Å². The molecule has 2 aromatic rings. The highest BCUT2D eigenvalue weighted by Crippen LogP contribution is 2.47. The number of carbonyl (C=O) groups excluding carboxylic acids is 1. The van der Waals surface area contributed by atoms with E-state index in [4.69, 9.17) is 0 Å². The maximum Gasteiger partial charge on any atom is 0.235 e. The standard InChI is InChI=1S/C14H10O6/c1-4-2-5(15)9-11-8(4)6(16)3-7(17)10(11)13(19)14(20)12(9)18/h2-3,15-17,19-20H,1H3. The predicted molar refractivity (Wildman–Crippen MR) is 70.2 cm³/mol. The maximum atomic E-state index is 12.0. The fourth-order valence-corrected chi connectivity index (χ4v) is 2.60. The van der Waals surface area contributed by atoms with Crippen LogP contribution in [-0.4, -0.2) is 31.3 Å². The van der Waals surface area contributed by atoms with Crippen LogP contribution in [0.4, 0.5) is 0 Å². The van der Waals surface area contributed by atoms with Gasteiger partial charge in [-0.2, -0.15) is 0 Å². The zero-order valence-electron chi connectivity index (χ0n) is 10.3. The lowest BCUT2D eigenvalue weighted by atomic mass is 9.86. The molecule has 20 heavy (non-hydrogen) atoms. The first kappa shape index (κ1) is 12.2. The molecule has 5 N–H and O–H groups in total. The minimum atomic E-state index is -0.970. The molecule has 2 aromatic carbocycles. The lowest BCUT2D eigenvalue weighted by molar-refractivity contribution is 0.0972. The number of aryl methyl sites for hydroxylation is 1. The van der Waals surface area contributed by atoms with Crippen LogP contribution in [0.3, 0.4) is 0 Å². The number of allylic oxidation sites excluding steroid dienone is 1. The van der Waals surface area contributed by atoms with Gasteiger partial charge in [0.2, 0.25) is 11.5 Å². The topological polar surface area (TPSA) is 118 Å². The van der Waals surface area contributed by atoms with Gasteiger partial charge in [0, 0.05) is 16.8 Å². The molecule has 0 saturated heterocycles. The molecule has 0 amide bonds. The molecule has 0 fully saturated rings. The summed E-state index contributed by atoms with van der Waals surface area (Å²) in [6.07, 6.45) is 0. The van der Waals surface area contributed by atoms with Gasteiger partial charge in [-0.15, -0.1) is 0 Å². The van der Waals surface area contributed by atoms with E-state index in [2.05, 4.69) is 0 Å². The SMILES string of the molecule is Cc1cc(O)c2c3c(c(O)cc(O)c13)C(O)=C(O)C2=O. The van der Waals surface area contributed by atoms with Gasteiger partial charge in [0.05, 0.1) is 11.1 Å². The van der Waals surface area contributed by atoms with Crippen LogP contribution in [0.1, 0.15) is 21.5 Å². The number of hydrogen-bond donors (Lipinski definition) is 5. The molecule has 1 aliphatic rings. The number of carbonyl (C=O) groups is 1. The Morgan fingerprint density at radius 3 is 2.00 bits per heavy atom. The van der Waals surface area contributed by atoms with Crippen LogP contribution in [0.2, 0.25) is 0 Å². The van der Waals surface area contributed by atoms with Crippen molar-refractivity contribution in [2.24, 2.45) is 0 Å². The summed E-state index contributed by atoms with van der Waals surface area (Å²) in [6, 6.07) is 2.27. The molecule has 102 valence electrons. The van der Waals surface area contributed by atoms with Crippen molar-refractivity contribution in [2.75, 3.05) is 0 Å². The van der Waals surface area contributed by atoms with Gasteiger partial charge in [-0.1, -0.05) is 0 Å². The van der Waals surface area contributed by atoms with Crippen molar-refractivity contribution >= 4 is 22.3 Å². The van der Waals surface area contributed by atoms with E-state index in [0.717, 1.165) is 6.07 Å². The molecule has 0 unspecified atom stereocenters. The summed E-state index contributed by atoms with van der Waals surface area (Å²) in [4.78, 5) is 12.0. The number of benzene rings is 2. The Balaban J connectivity index is 2.70. The molecule has 0 aliphatic heterocycles. The van der Waals surface area contributed by atoms with Crippen LogP contribution in [-0.2, 0) is 0 Å². The van der Waals surface area contributed by atoms with Gasteiger partial charge in [-0.3, -0.25) is 4.79 Å². The predicted octanol–water partition coefficient (Wildman–Crippen LogP) is 2.25. The van der Waals surface area contributed by atoms with Gasteiger partial charge in [0.1, 0.15) is 17.2 Å². The lowest BCUT2D eigenvalue weighted by Crippen LogP contribution is -2.13. The van der Waals surface area contributed by atoms with E-state index in [1.807, 2.05) is 0 Å². The number of rotatable bonds is 0. The van der Waals surface area contributed by atoms with Gasteiger partial charge in [0.25, 0.3) is 0 Å². The quantitative estimate of drug-likeness (QED) is 0.502. The van der Waals surface area contributed by atoms with Gasteiger partial charge < -0.3 is 25.5 Å². The van der Waals surface area contributed by atoms with E-state index >= 15 is 0 Å². The van der Waals surface area contributed by atoms with Crippen molar-refractivity contribution in [3.63, 3.8) is 0 Å². The Kier molecular flexibility index (Phi) is 2.17. The van der Waals surface area contributed by atoms with Crippen LogP contribution in [0.5, 0.6) is 17.2 Å². The second-order valence-electron chi connectivity index (χ2n) is 4.65. The first-order valence-corrected chi connectivity index (χ1v) is 5.73. The van der Waals surface area contributed by atoms with E-state index in [-0.39, 0.29) is 27.6 Å². The van der Waals surface area contributed by atoms with Crippen molar-refractivity contribution in [2.45, 2.75) is 6.92 Å². The summed E-state index contributed by atoms with van der Waals surface area (Å²) in [7, 11) is 0. The third kappa shape index (κ3) is 1.25. The van der Waals surface area contributed by atoms with Crippen molar-refractivity contribution in [1.82, 2.24) is 0 Å². The fraction of sp³-hybridized carbons (Fsp3) is 0.0714. The number of ketones is 1. The highest BCUT2D eigenvalue weighted by molar-refractivity contribution is 6.26. The van der Waals surface area contributed by atoms with Gasteiger partial charge in [0.15, 0.2) is 5.76 Å². The molecule has 0 spiro atoms. The monoisotopic (exact) mass is 274 g/mol. The van der Waals surface area contributed by atoms with Gasteiger partial charge in [-0.25, -0.2) is 0 Å². The number of aromatic hydroxyl groups is 3. The fourth-order valence-electron chi connectivity index (χ4n) is 2.60. The summed E-state index contributed by atoms with van der Waals surface area (Å²) < 4.78 is 0. The first-order valence-electron chi connectivity index (χ1n) is 5.73. The number of aliphatic hydroxyl groups is 2. The van der Waals surface area contributed by atoms with Gasteiger partial charge in [-0.05, 0) is 18.6 Å². The Morgan fingerprint density at radius 1 is 0.750 bits per heavy atom. The van der Waals surface area contributed by atoms with Crippen LogP contribution in [0.25, 0.3) is 16.5 Å². The largest absolute Gasteiger partial charge is 0.507 e. The number of aliphatic hydroxyl groups excluding tert-OH is 2. The van der Waals surface area contributed by atoms with Crippen LogP contribution in [0, 0.1) is 6.92 Å². The first-order chi connectivity index (χ1) is 9.34. The molecule has 0 aromatic heterocycles. The van der Waals surface area contributed by atoms with E-state index in [1.165, 1.54) is 6.07 Å². The average Bonchev–Trinajstić information content (AvgIpc) is 2.34. The molecule has 6 heteroatoms. The summed E-state index contributed by atoms with van der Waals surface area (Å²) in [5, 5.41) is 49.4. The Morgan fingerprint density at radius 2 is 1.35 bits per heavy atom. The van der Waals surface area contributed by atoms with E-state index in [1.54, 1.807) is 6.92 Å². The van der Waals surface area contributed by atoms with E-state index < -0.39 is 28.8 Å². The van der Waals surface area contributed by atoms with Crippen LogP contribution >= 0.6 is 0 Å². The summed E-state index contributed by atoms with van der Waals surface area (Å²) in [5.41, 5.74) is 0.00740. The molecule has 0 heterocycles. The molecule has 0 saturated carbocycles. The van der Waals surface area contributed by atoms with Gasteiger partial charge >= 0.3 is 0 Å². The minimum Gasteiger partial charge on any atom is -0.507 e. The number of phenols is 3. The highest BCUT2D eigenvalue weighted by atomic mass is 16.3. The molecule has 1 aliphatic carbocycles. The second kappa shape index (κ2) is 3.57. The number of phenolic OH excluding ortho intramolecular Hbond substituents is 3. The summed E-state index contributed by atoms with van der Waals surface area (Å²) >= 11 is 0. The molecule has 6 nitrogen and oxygen atoms in total. The lowest BCUT2D eigenvalue weighted by Gasteiger charge is -2.20. The maximum absolute atomic E-state index is 12.0. The van der Waals surface area contributed by atoms with Crippen molar-refractivity contribution in [3.05, 3.63) is 34.6 Å². The summed E-state index contributed by atoms with van der Waals surface area (Å²) in [5.74, 6) is -3.90. The Labute approximate surface area is 112 Å². The Bertz CT molecular complexity index is 823. The molecule has 0 atom stereocenters. The van der Waals surface area contributed by atoms with E-state index in [0.29, 0.717) is 5.56 Å². The molecule has 0 radical (unpaired) electrons. The minimum absolute atomic E-state index is 0.0142. The normalized spacial score (nSPS) is 14.2. The zero-order valence-corrected chi connectivity index (χ0v) is 10.3. The highest BCUT2D eigenvalue weighted by Gasteiger charge is 2.33. The van der Waals surface area contributed by atoms with Crippen molar-refractivity contribution in [1.29, 1.82) is 0 Å². The molecular weight excluding hydrogens is 264 g/mol. The average molecular weight is 274 g/mol. The van der Waals surface area contributed by atoms with Crippen LogP contribution in [0.15, 0.2) is 17.9 Å². The zero-order chi connectivity index (χ0) is 14.8. The van der Waals surface area contributed by atoms with Crippen LogP contribution < -0.4 is 0 Å². The molecular formula is C14H10O6. The molecule has 0 bridgehead atoms.